The highest BCUT2D eigenvalue weighted by Gasteiger charge is 2.38. The number of anilines is 2. The number of aryl methyl sites for hydroxylation is 1. The predicted octanol–water partition coefficient (Wildman–Crippen LogP) is 1.81. The van der Waals surface area contributed by atoms with Gasteiger partial charge in [0.2, 0.25) is 0 Å². The highest BCUT2D eigenvalue weighted by atomic mass is 32.2. The van der Waals surface area contributed by atoms with Crippen LogP contribution in [0.1, 0.15) is 29.8 Å². The summed E-state index contributed by atoms with van der Waals surface area (Å²) in [6.45, 7) is 3.96. The molecule has 0 amide bonds. The summed E-state index contributed by atoms with van der Waals surface area (Å²) in [7, 11) is -6.59. The Morgan fingerprint density at radius 2 is 1.81 bits per heavy atom. The van der Waals surface area contributed by atoms with Gasteiger partial charge in [0, 0.05) is 19.3 Å². The Hall–Kier alpha value is -2.63. The van der Waals surface area contributed by atoms with E-state index in [1.54, 1.807) is 24.8 Å². The summed E-state index contributed by atoms with van der Waals surface area (Å²) in [5, 5.41) is 10.1. The lowest BCUT2D eigenvalue weighted by Gasteiger charge is -2.46. The summed E-state index contributed by atoms with van der Waals surface area (Å²) in [4.78, 5) is 13.5. The molecule has 0 aliphatic carbocycles. The molecule has 174 valence electrons. The molecule has 9 nitrogen and oxygen atoms in total. The first-order valence-corrected chi connectivity index (χ1v) is 13.2. The zero-order valence-electron chi connectivity index (χ0n) is 18.2. The van der Waals surface area contributed by atoms with Crippen LogP contribution in [0.25, 0.3) is 0 Å². The van der Waals surface area contributed by atoms with E-state index in [9.17, 15) is 26.7 Å². The molecule has 1 fully saturated rings. The molecule has 1 aliphatic rings. The number of ether oxygens (including phenoxy) is 1. The Labute approximate surface area is 188 Å². The Kier molecular flexibility index (Phi) is 6.29. The van der Waals surface area contributed by atoms with Crippen molar-refractivity contribution in [3.8, 4) is 0 Å². The molecule has 0 atom stereocenters. The van der Waals surface area contributed by atoms with Crippen LogP contribution in [-0.2, 0) is 31.0 Å². The Balaban J connectivity index is 2.09. The molecule has 0 unspecified atom stereocenters. The number of esters is 1. The third-order valence-corrected chi connectivity index (χ3v) is 7.76. The first kappa shape index (κ1) is 24.0. The molecule has 2 aromatic carbocycles. The van der Waals surface area contributed by atoms with Gasteiger partial charge in [-0.15, -0.1) is 0 Å². The van der Waals surface area contributed by atoms with E-state index in [0.717, 1.165) is 6.26 Å². The van der Waals surface area contributed by atoms with Gasteiger partial charge < -0.3 is 14.7 Å². The number of aliphatic hydroxyl groups is 1. The SMILES string of the molecule is CCc1ccc(C(=O)OC)cc1S(=O)(=O)Nc1cc(S(C)(=O)=O)ccc1N1CC(C)(O)C1. The van der Waals surface area contributed by atoms with E-state index < -0.39 is 31.4 Å². The molecule has 0 bridgehead atoms. The van der Waals surface area contributed by atoms with Gasteiger partial charge in [0.1, 0.15) is 0 Å². The van der Waals surface area contributed by atoms with Gasteiger partial charge in [-0.1, -0.05) is 13.0 Å². The van der Waals surface area contributed by atoms with Crippen LogP contribution in [-0.4, -0.2) is 60.0 Å². The molecule has 1 heterocycles. The van der Waals surface area contributed by atoms with Gasteiger partial charge in [0.05, 0.1) is 39.4 Å². The molecular weight excluding hydrogens is 456 g/mol. The third-order valence-electron chi connectivity index (χ3n) is 5.20. The van der Waals surface area contributed by atoms with Crippen molar-refractivity contribution in [2.75, 3.05) is 36.1 Å². The second kappa shape index (κ2) is 8.38. The third kappa shape index (κ3) is 4.89. The van der Waals surface area contributed by atoms with Crippen LogP contribution in [0.3, 0.4) is 0 Å². The number of methoxy groups -OCH3 is 1. The number of sulfonamides is 1. The van der Waals surface area contributed by atoms with Crippen LogP contribution in [0.5, 0.6) is 0 Å². The van der Waals surface area contributed by atoms with Crippen molar-refractivity contribution in [3.05, 3.63) is 47.5 Å². The maximum atomic E-state index is 13.3. The fraction of sp³-hybridized carbons (Fsp3) is 0.381. The van der Waals surface area contributed by atoms with Crippen LogP contribution in [0.15, 0.2) is 46.2 Å². The maximum absolute atomic E-state index is 13.3. The summed E-state index contributed by atoms with van der Waals surface area (Å²) in [6.07, 6.45) is 1.42. The molecule has 3 rings (SSSR count). The zero-order valence-corrected chi connectivity index (χ0v) is 19.9. The van der Waals surface area contributed by atoms with Gasteiger partial charge >= 0.3 is 5.97 Å². The lowest BCUT2D eigenvalue weighted by molar-refractivity contribution is 0.0311. The average Bonchev–Trinajstić information content (AvgIpc) is 2.70. The van der Waals surface area contributed by atoms with Gasteiger partial charge in [-0.3, -0.25) is 4.72 Å². The number of carbonyl (C=O) groups is 1. The molecule has 0 radical (unpaired) electrons. The number of benzene rings is 2. The summed E-state index contributed by atoms with van der Waals surface area (Å²) in [6, 6.07) is 8.43. The minimum atomic E-state index is -4.19. The first-order valence-electron chi connectivity index (χ1n) is 9.83. The standard InChI is InChI=1S/C21H26N2O7S2/c1-5-14-6-7-15(20(24)30-3)10-19(14)32(28,29)22-17-11-16(31(4,26)27)8-9-18(17)23-12-21(2,25)13-23/h6-11,22,25H,5,12-13H2,1-4H3. The molecule has 1 saturated heterocycles. The fourth-order valence-electron chi connectivity index (χ4n) is 3.59. The Morgan fingerprint density at radius 1 is 1.16 bits per heavy atom. The number of sulfone groups is 1. The molecule has 1 aliphatic heterocycles. The molecular formula is C21H26N2O7S2. The summed E-state index contributed by atoms with van der Waals surface area (Å²) < 4.78 is 58.0. The van der Waals surface area contributed by atoms with E-state index >= 15 is 0 Å². The van der Waals surface area contributed by atoms with Crippen molar-refractivity contribution >= 4 is 37.2 Å². The molecule has 11 heteroatoms. The highest BCUT2D eigenvalue weighted by molar-refractivity contribution is 7.92. The minimum absolute atomic E-state index is 0.0507. The topological polar surface area (TPSA) is 130 Å². The van der Waals surface area contributed by atoms with Crippen LogP contribution >= 0.6 is 0 Å². The van der Waals surface area contributed by atoms with E-state index in [1.165, 1.54) is 37.4 Å². The predicted molar refractivity (Wildman–Crippen MR) is 120 cm³/mol. The van der Waals surface area contributed by atoms with Gasteiger partial charge in [-0.05, 0) is 49.2 Å². The number of nitrogens with zero attached hydrogens (tertiary/aromatic N) is 1. The van der Waals surface area contributed by atoms with E-state index in [1.807, 2.05) is 0 Å². The zero-order chi connectivity index (χ0) is 23.9. The number of hydrogen-bond acceptors (Lipinski definition) is 8. The normalized spacial score (nSPS) is 15.7. The first-order chi connectivity index (χ1) is 14.8. The number of carbonyl (C=O) groups excluding carboxylic acids is 1. The molecule has 2 N–H and O–H groups in total. The lowest BCUT2D eigenvalue weighted by Crippen LogP contribution is -2.60. The number of nitrogens with one attached hydrogen (secondary N) is 1. The van der Waals surface area contributed by atoms with Crippen LogP contribution in [0.2, 0.25) is 0 Å². The van der Waals surface area contributed by atoms with Crippen molar-refractivity contribution in [1.29, 1.82) is 0 Å². The smallest absolute Gasteiger partial charge is 0.337 e. The van der Waals surface area contributed by atoms with Crippen molar-refractivity contribution in [1.82, 2.24) is 0 Å². The van der Waals surface area contributed by atoms with Crippen molar-refractivity contribution in [2.45, 2.75) is 35.7 Å². The van der Waals surface area contributed by atoms with Gasteiger partial charge in [0.15, 0.2) is 9.84 Å². The molecule has 32 heavy (non-hydrogen) atoms. The van der Waals surface area contributed by atoms with Crippen LogP contribution < -0.4 is 9.62 Å². The van der Waals surface area contributed by atoms with Crippen LogP contribution in [0, 0.1) is 0 Å². The largest absolute Gasteiger partial charge is 0.465 e. The summed E-state index contributed by atoms with van der Waals surface area (Å²) >= 11 is 0. The number of rotatable bonds is 7. The van der Waals surface area contributed by atoms with E-state index in [4.69, 9.17) is 0 Å². The Morgan fingerprint density at radius 3 is 2.34 bits per heavy atom. The Bertz CT molecular complexity index is 1260. The van der Waals surface area contributed by atoms with Gasteiger partial charge in [-0.2, -0.15) is 0 Å². The number of hydrogen-bond donors (Lipinski definition) is 2. The van der Waals surface area contributed by atoms with E-state index in [-0.39, 0.29) is 34.1 Å². The molecule has 0 aromatic heterocycles. The van der Waals surface area contributed by atoms with E-state index in [0.29, 0.717) is 17.7 Å². The molecule has 2 aromatic rings. The molecule has 0 spiro atoms. The summed E-state index contributed by atoms with van der Waals surface area (Å²) in [5.74, 6) is -0.674. The molecule has 0 saturated carbocycles. The maximum Gasteiger partial charge on any atom is 0.337 e. The second-order valence-corrected chi connectivity index (χ2v) is 11.7. The van der Waals surface area contributed by atoms with Gasteiger partial charge in [-0.25, -0.2) is 21.6 Å². The van der Waals surface area contributed by atoms with E-state index in [2.05, 4.69) is 9.46 Å². The lowest BCUT2D eigenvalue weighted by atomic mass is 9.96. The monoisotopic (exact) mass is 482 g/mol. The quantitative estimate of drug-likeness (QED) is 0.572. The number of β-amino-alcohol motifs (C(OH)–C–C–N with tert-alkyl or cyclic N) is 1. The summed E-state index contributed by atoms with van der Waals surface area (Å²) in [5.41, 5.74) is 0.144. The fourth-order valence-corrected chi connectivity index (χ4v) is 5.64. The minimum Gasteiger partial charge on any atom is -0.465 e. The van der Waals surface area contributed by atoms with Gasteiger partial charge in [0.25, 0.3) is 10.0 Å². The van der Waals surface area contributed by atoms with Crippen molar-refractivity contribution in [2.24, 2.45) is 0 Å². The average molecular weight is 483 g/mol. The second-order valence-electron chi connectivity index (χ2n) is 8.08. The van der Waals surface area contributed by atoms with Crippen LogP contribution in [0.4, 0.5) is 11.4 Å². The highest BCUT2D eigenvalue weighted by Crippen LogP contribution is 2.36. The van der Waals surface area contributed by atoms with Crippen molar-refractivity contribution in [3.63, 3.8) is 0 Å². The van der Waals surface area contributed by atoms with Crippen molar-refractivity contribution < 1.29 is 31.5 Å².